The zero-order chi connectivity index (χ0) is 7.82. The summed E-state index contributed by atoms with van der Waals surface area (Å²) in [6, 6.07) is 0. The number of hydrogen-bond donors (Lipinski definition) is 1. The SMILES string of the molecule is C=CCNCC(=O)C=[N+]=[N-]. The molecule has 0 aromatic heterocycles. The van der Waals surface area contributed by atoms with Crippen molar-refractivity contribution in [2.24, 2.45) is 0 Å². The lowest BCUT2D eigenvalue weighted by molar-refractivity contribution is -0.115. The molecule has 0 amide bonds. The minimum atomic E-state index is -0.260. The highest BCUT2D eigenvalue weighted by atomic mass is 16.1. The summed E-state index contributed by atoms with van der Waals surface area (Å²) in [6.07, 6.45) is 2.50. The van der Waals surface area contributed by atoms with Gasteiger partial charge in [0.05, 0.1) is 6.54 Å². The van der Waals surface area contributed by atoms with Crippen LogP contribution in [0.5, 0.6) is 0 Å². The number of nitrogens with zero attached hydrogens (tertiary/aromatic N) is 2. The lowest BCUT2D eigenvalue weighted by atomic mass is 10.4. The van der Waals surface area contributed by atoms with Gasteiger partial charge in [0.25, 0.3) is 0 Å². The van der Waals surface area contributed by atoms with E-state index in [-0.39, 0.29) is 12.3 Å². The fourth-order valence-corrected chi connectivity index (χ4v) is 0.407. The van der Waals surface area contributed by atoms with Crippen LogP contribution in [0.3, 0.4) is 0 Å². The van der Waals surface area contributed by atoms with Gasteiger partial charge in [-0.2, -0.15) is 4.79 Å². The number of ketones is 1. The highest BCUT2D eigenvalue weighted by Gasteiger charge is 1.98. The minimum absolute atomic E-state index is 0.177. The summed E-state index contributed by atoms with van der Waals surface area (Å²) >= 11 is 0. The highest BCUT2D eigenvalue weighted by Crippen LogP contribution is 1.62. The maximum absolute atomic E-state index is 10.5. The van der Waals surface area contributed by atoms with Crippen molar-refractivity contribution in [3.63, 3.8) is 0 Å². The molecular weight excluding hydrogens is 130 g/mol. The predicted octanol–water partition coefficient (Wildman–Crippen LogP) is -0.368. The van der Waals surface area contributed by atoms with Crippen LogP contribution in [0.2, 0.25) is 0 Å². The smallest absolute Gasteiger partial charge is 0.324 e. The number of hydrogen-bond acceptors (Lipinski definition) is 2. The normalized spacial score (nSPS) is 8.00. The van der Waals surface area contributed by atoms with E-state index >= 15 is 0 Å². The van der Waals surface area contributed by atoms with Gasteiger partial charge in [-0.15, -0.1) is 6.58 Å². The van der Waals surface area contributed by atoms with Crippen LogP contribution >= 0.6 is 0 Å². The standard InChI is InChI=1S/C6H9N3O/c1-2-3-8-4-6(10)5-9-7/h2,5,8H,1,3-4H2. The van der Waals surface area contributed by atoms with Crippen LogP contribution in [0.15, 0.2) is 12.7 Å². The molecule has 0 aliphatic carbocycles. The molecule has 0 aliphatic heterocycles. The van der Waals surface area contributed by atoms with E-state index in [4.69, 9.17) is 5.53 Å². The van der Waals surface area contributed by atoms with E-state index < -0.39 is 0 Å². The lowest BCUT2D eigenvalue weighted by Gasteiger charge is -1.91. The molecule has 0 spiro atoms. The molecule has 54 valence electrons. The monoisotopic (exact) mass is 139 g/mol. The first-order chi connectivity index (χ1) is 4.81. The summed E-state index contributed by atoms with van der Waals surface area (Å²) in [7, 11) is 0. The van der Waals surface area contributed by atoms with Gasteiger partial charge in [0, 0.05) is 6.54 Å². The summed E-state index contributed by atoms with van der Waals surface area (Å²) in [5, 5.41) is 2.75. The van der Waals surface area contributed by atoms with Gasteiger partial charge in [-0.3, -0.25) is 4.79 Å². The maximum atomic E-state index is 10.5. The quantitative estimate of drug-likeness (QED) is 0.186. The molecule has 0 unspecified atom stereocenters. The van der Waals surface area contributed by atoms with E-state index in [0.717, 1.165) is 6.21 Å². The molecule has 0 saturated carbocycles. The molecule has 0 aromatic carbocycles. The van der Waals surface area contributed by atoms with Crippen molar-refractivity contribution >= 4 is 12.0 Å². The van der Waals surface area contributed by atoms with Crippen molar-refractivity contribution in [2.75, 3.05) is 13.1 Å². The molecule has 0 aliphatic rings. The second kappa shape index (κ2) is 5.88. The van der Waals surface area contributed by atoms with Gasteiger partial charge in [0.1, 0.15) is 0 Å². The lowest BCUT2D eigenvalue weighted by Crippen LogP contribution is -2.23. The third kappa shape index (κ3) is 4.90. The average Bonchev–Trinajstić information content (AvgIpc) is 1.89. The fraction of sp³-hybridized carbons (Fsp3) is 0.333. The summed E-state index contributed by atoms with van der Waals surface area (Å²) in [6.45, 7) is 4.20. The Bertz CT molecular complexity index is 170. The molecule has 0 rings (SSSR count). The third-order valence-electron chi connectivity index (χ3n) is 0.790. The third-order valence-corrected chi connectivity index (χ3v) is 0.790. The first-order valence-electron chi connectivity index (χ1n) is 2.83. The maximum Gasteiger partial charge on any atom is 0.324 e. The van der Waals surface area contributed by atoms with Gasteiger partial charge >= 0.3 is 6.21 Å². The van der Waals surface area contributed by atoms with Gasteiger partial charge in [0.2, 0.25) is 5.78 Å². The van der Waals surface area contributed by atoms with Crippen LogP contribution in [-0.4, -0.2) is 29.9 Å². The van der Waals surface area contributed by atoms with Crippen LogP contribution in [-0.2, 0) is 4.79 Å². The first kappa shape index (κ1) is 8.75. The molecule has 1 N–H and O–H groups in total. The Morgan fingerprint density at radius 1 is 1.80 bits per heavy atom. The number of carbonyl (C=O) groups is 1. The van der Waals surface area contributed by atoms with Gasteiger partial charge < -0.3 is 10.8 Å². The first-order valence-corrected chi connectivity index (χ1v) is 2.83. The van der Waals surface area contributed by atoms with E-state index in [2.05, 4.69) is 16.7 Å². The molecular formula is C6H9N3O. The van der Waals surface area contributed by atoms with E-state index in [1.54, 1.807) is 6.08 Å². The van der Waals surface area contributed by atoms with Crippen LogP contribution in [0.4, 0.5) is 0 Å². The summed E-state index contributed by atoms with van der Waals surface area (Å²) in [5.74, 6) is -0.260. The Morgan fingerprint density at radius 3 is 3.00 bits per heavy atom. The second-order valence-electron chi connectivity index (χ2n) is 1.63. The van der Waals surface area contributed by atoms with Crippen molar-refractivity contribution in [1.82, 2.24) is 5.32 Å². The molecule has 0 aromatic rings. The summed E-state index contributed by atoms with van der Waals surface area (Å²) < 4.78 is 0. The minimum Gasteiger partial charge on any atom is -0.361 e. The van der Waals surface area contributed by atoms with Gasteiger partial charge in [0.15, 0.2) is 0 Å². The van der Waals surface area contributed by atoms with E-state index in [9.17, 15) is 4.79 Å². The Labute approximate surface area is 59.2 Å². The molecule has 0 bridgehead atoms. The van der Waals surface area contributed by atoms with Crippen LogP contribution < -0.4 is 5.32 Å². The van der Waals surface area contributed by atoms with E-state index in [1.807, 2.05) is 0 Å². The molecule has 10 heavy (non-hydrogen) atoms. The molecule has 4 heteroatoms. The molecule has 0 heterocycles. The number of Topliss-reactive ketones (excluding diaryl/α,β-unsaturated/α-hetero) is 1. The summed E-state index contributed by atoms with van der Waals surface area (Å²) in [4.78, 5) is 13.1. The molecule has 0 fully saturated rings. The van der Waals surface area contributed by atoms with Crippen LogP contribution in [0.1, 0.15) is 0 Å². The second-order valence-corrected chi connectivity index (χ2v) is 1.63. The van der Waals surface area contributed by atoms with E-state index in [1.165, 1.54) is 0 Å². The molecule has 0 radical (unpaired) electrons. The Hall–Kier alpha value is -1.25. The topological polar surface area (TPSA) is 65.5 Å². The van der Waals surface area contributed by atoms with Crippen molar-refractivity contribution in [2.45, 2.75) is 0 Å². The Balaban J connectivity index is 3.39. The molecule has 0 saturated heterocycles. The van der Waals surface area contributed by atoms with Gasteiger partial charge in [-0.25, -0.2) is 0 Å². The average molecular weight is 139 g/mol. The Kier molecular flexibility index (Phi) is 5.14. The van der Waals surface area contributed by atoms with Gasteiger partial charge in [-0.05, 0) is 0 Å². The van der Waals surface area contributed by atoms with Crippen LogP contribution in [0, 0.1) is 0 Å². The summed E-state index contributed by atoms with van der Waals surface area (Å²) in [5.41, 5.74) is 7.89. The van der Waals surface area contributed by atoms with Crippen molar-refractivity contribution < 1.29 is 9.58 Å². The van der Waals surface area contributed by atoms with Gasteiger partial charge in [-0.1, -0.05) is 6.08 Å². The highest BCUT2D eigenvalue weighted by molar-refractivity contribution is 6.26. The largest absolute Gasteiger partial charge is 0.361 e. The van der Waals surface area contributed by atoms with Crippen molar-refractivity contribution in [1.29, 1.82) is 0 Å². The van der Waals surface area contributed by atoms with Crippen molar-refractivity contribution in [3.05, 3.63) is 18.2 Å². The van der Waals surface area contributed by atoms with E-state index in [0.29, 0.717) is 6.54 Å². The van der Waals surface area contributed by atoms with Crippen LogP contribution in [0.25, 0.3) is 5.53 Å². The Morgan fingerprint density at radius 2 is 2.50 bits per heavy atom. The number of nitrogens with one attached hydrogen (secondary N) is 1. The predicted molar refractivity (Wildman–Crippen MR) is 37.8 cm³/mol. The number of rotatable bonds is 5. The molecule has 0 atom stereocenters. The molecule has 4 nitrogen and oxygen atoms in total. The fourth-order valence-electron chi connectivity index (χ4n) is 0.407. The zero-order valence-electron chi connectivity index (χ0n) is 5.58. The number of carbonyl (C=O) groups excluding carboxylic acids is 1. The zero-order valence-corrected chi connectivity index (χ0v) is 5.58. The van der Waals surface area contributed by atoms with Crippen molar-refractivity contribution in [3.8, 4) is 0 Å².